The van der Waals surface area contributed by atoms with Gasteiger partial charge in [-0.25, -0.2) is 4.79 Å². The Morgan fingerprint density at radius 3 is 2.63 bits per heavy atom. The van der Waals surface area contributed by atoms with Crippen LogP contribution in [0.2, 0.25) is 0 Å². The third kappa shape index (κ3) is 3.84. The van der Waals surface area contributed by atoms with E-state index in [2.05, 4.69) is 10.6 Å². The smallest absolute Gasteiger partial charge is 0.325 e. The maximum absolute atomic E-state index is 12.6. The van der Waals surface area contributed by atoms with Gasteiger partial charge in [0, 0.05) is 29.8 Å². The number of nitrogens with one attached hydrogen (secondary N) is 2. The van der Waals surface area contributed by atoms with Crippen LogP contribution in [0.4, 0.5) is 10.5 Å². The number of rotatable bonds is 6. The van der Waals surface area contributed by atoms with E-state index in [1.54, 1.807) is 31.4 Å². The van der Waals surface area contributed by atoms with Gasteiger partial charge in [-0.3, -0.25) is 14.5 Å². The van der Waals surface area contributed by atoms with Crippen molar-refractivity contribution in [1.82, 2.24) is 14.8 Å². The first-order valence-corrected chi connectivity index (χ1v) is 9.54. The van der Waals surface area contributed by atoms with Crippen LogP contribution in [0.3, 0.4) is 0 Å². The first-order chi connectivity index (χ1) is 14.4. The first-order valence-electron chi connectivity index (χ1n) is 9.54. The number of urea groups is 1. The lowest BCUT2D eigenvalue weighted by molar-refractivity contribution is -0.130. The summed E-state index contributed by atoms with van der Waals surface area (Å²) >= 11 is 0. The van der Waals surface area contributed by atoms with E-state index in [-0.39, 0.29) is 18.9 Å². The minimum Gasteiger partial charge on any atom is -0.497 e. The van der Waals surface area contributed by atoms with Crippen molar-refractivity contribution in [1.29, 1.82) is 0 Å². The Hall–Kier alpha value is -3.81. The maximum Gasteiger partial charge on any atom is 0.325 e. The second kappa shape index (κ2) is 7.90. The quantitative estimate of drug-likeness (QED) is 0.616. The van der Waals surface area contributed by atoms with E-state index in [9.17, 15) is 14.4 Å². The molecule has 0 bridgehead atoms. The molecule has 2 aromatic carbocycles. The number of carbonyl (C=O) groups is 3. The molecule has 4 rings (SSSR count). The van der Waals surface area contributed by atoms with E-state index >= 15 is 0 Å². The molecule has 3 aromatic rings. The van der Waals surface area contributed by atoms with Crippen molar-refractivity contribution in [2.75, 3.05) is 12.4 Å². The summed E-state index contributed by atoms with van der Waals surface area (Å²) in [5, 5.41) is 6.40. The average Bonchev–Trinajstić information content (AvgIpc) is 3.22. The van der Waals surface area contributed by atoms with E-state index in [1.165, 1.54) is 0 Å². The van der Waals surface area contributed by atoms with Gasteiger partial charge in [0.2, 0.25) is 5.91 Å². The number of hydrogen-bond donors (Lipinski definition) is 2. The third-order valence-electron chi connectivity index (χ3n) is 5.17. The van der Waals surface area contributed by atoms with Gasteiger partial charge < -0.3 is 19.9 Å². The van der Waals surface area contributed by atoms with E-state index in [1.807, 2.05) is 42.1 Å². The van der Waals surface area contributed by atoms with Crippen molar-refractivity contribution in [2.45, 2.75) is 19.0 Å². The highest BCUT2D eigenvalue weighted by Gasteiger charge is 2.39. The Morgan fingerprint density at radius 2 is 1.90 bits per heavy atom. The van der Waals surface area contributed by atoms with Gasteiger partial charge in [-0.15, -0.1) is 0 Å². The van der Waals surface area contributed by atoms with Crippen molar-refractivity contribution in [2.24, 2.45) is 7.05 Å². The van der Waals surface area contributed by atoms with Crippen LogP contribution < -0.4 is 15.4 Å². The third-order valence-corrected chi connectivity index (χ3v) is 5.17. The zero-order chi connectivity index (χ0) is 21.3. The molecule has 1 aliphatic rings. The number of hydrogen-bond acceptors (Lipinski definition) is 4. The molecule has 1 aromatic heterocycles. The molecule has 8 nitrogen and oxygen atoms in total. The molecule has 1 saturated heterocycles. The van der Waals surface area contributed by atoms with E-state index in [4.69, 9.17) is 4.74 Å². The number of fused-ring (bicyclic) bond motifs is 1. The molecule has 0 radical (unpaired) electrons. The minimum absolute atomic E-state index is 0.128. The second-order valence-corrected chi connectivity index (χ2v) is 7.23. The summed E-state index contributed by atoms with van der Waals surface area (Å²) in [6, 6.07) is 13.3. The van der Waals surface area contributed by atoms with E-state index < -0.39 is 18.0 Å². The Bertz CT molecular complexity index is 1120. The summed E-state index contributed by atoms with van der Waals surface area (Å²) in [5.74, 6) is -0.0566. The van der Waals surface area contributed by atoms with Gasteiger partial charge in [0.1, 0.15) is 11.8 Å². The number of amides is 4. The summed E-state index contributed by atoms with van der Waals surface area (Å²) in [6.45, 7) is 0.136. The Labute approximate surface area is 173 Å². The molecule has 8 heteroatoms. The average molecular weight is 406 g/mol. The monoisotopic (exact) mass is 406 g/mol. The lowest BCUT2D eigenvalue weighted by Crippen LogP contribution is -2.34. The van der Waals surface area contributed by atoms with Gasteiger partial charge in [-0.05, 0) is 42.0 Å². The maximum atomic E-state index is 12.6. The van der Waals surface area contributed by atoms with Crippen LogP contribution in [0.1, 0.15) is 12.0 Å². The molecule has 0 aliphatic carbocycles. The van der Waals surface area contributed by atoms with Crippen LogP contribution in [0, 0.1) is 0 Å². The lowest BCUT2D eigenvalue weighted by atomic mass is 10.1. The lowest BCUT2D eigenvalue weighted by Gasteiger charge is -2.13. The normalized spacial score (nSPS) is 16.1. The number of anilines is 1. The minimum atomic E-state index is -0.879. The van der Waals surface area contributed by atoms with Gasteiger partial charge in [-0.2, -0.15) is 0 Å². The number of imide groups is 1. The van der Waals surface area contributed by atoms with Crippen LogP contribution in [-0.4, -0.2) is 40.5 Å². The largest absolute Gasteiger partial charge is 0.497 e. The zero-order valence-electron chi connectivity index (χ0n) is 16.7. The molecule has 30 heavy (non-hydrogen) atoms. The Kier molecular flexibility index (Phi) is 5.14. The van der Waals surface area contributed by atoms with Gasteiger partial charge in [0.15, 0.2) is 0 Å². The molecule has 0 unspecified atom stereocenters. The summed E-state index contributed by atoms with van der Waals surface area (Å²) < 4.78 is 7.10. The van der Waals surface area contributed by atoms with Crippen molar-refractivity contribution in [3.63, 3.8) is 0 Å². The summed E-state index contributed by atoms with van der Waals surface area (Å²) in [6.07, 6.45) is 1.82. The predicted octanol–water partition coefficient (Wildman–Crippen LogP) is 2.64. The van der Waals surface area contributed by atoms with Crippen molar-refractivity contribution >= 4 is 34.4 Å². The Balaban J connectivity index is 1.38. The van der Waals surface area contributed by atoms with Crippen molar-refractivity contribution < 1.29 is 19.1 Å². The summed E-state index contributed by atoms with van der Waals surface area (Å²) in [5.41, 5.74) is 2.49. The van der Waals surface area contributed by atoms with Crippen LogP contribution in [-0.2, 0) is 23.2 Å². The number of nitrogens with zero attached hydrogens (tertiary/aromatic N) is 2. The predicted molar refractivity (Wildman–Crippen MR) is 112 cm³/mol. The number of aryl methyl sites for hydroxylation is 1. The molecular formula is C22H22N4O4. The number of methoxy groups -OCH3 is 1. The van der Waals surface area contributed by atoms with Crippen LogP contribution in [0.25, 0.3) is 10.9 Å². The molecule has 154 valence electrons. The number of benzene rings is 2. The van der Waals surface area contributed by atoms with E-state index in [0.717, 1.165) is 21.4 Å². The van der Waals surface area contributed by atoms with Gasteiger partial charge in [0.05, 0.1) is 20.1 Å². The molecule has 4 amide bonds. The molecule has 2 N–H and O–H groups in total. The highest BCUT2D eigenvalue weighted by molar-refractivity contribution is 6.07. The summed E-state index contributed by atoms with van der Waals surface area (Å²) in [4.78, 5) is 38.5. The molecule has 0 saturated carbocycles. The van der Waals surface area contributed by atoms with Crippen molar-refractivity contribution in [3.8, 4) is 5.75 Å². The van der Waals surface area contributed by atoms with Crippen LogP contribution in [0.5, 0.6) is 5.75 Å². The van der Waals surface area contributed by atoms with Crippen molar-refractivity contribution in [3.05, 3.63) is 60.3 Å². The first kappa shape index (κ1) is 19.5. The summed E-state index contributed by atoms with van der Waals surface area (Å²) in [7, 11) is 3.52. The fourth-order valence-electron chi connectivity index (χ4n) is 3.54. The molecule has 1 fully saturated rings. The number of aromatic nitrogens is 1. The Morgan fingerprint density at radius 1 is 1.13 bits per heavy atom. The fraction of sp³-hybridized carbons (Fsp3) is 0.227. The molecule has 1 aliphatic heterocycles. The highest BCUT2D eigenvalue weighted by atomic mass is 16.5. The van der Waals surface area contributed by atoms with Crippen LogP contribution >= 0.6 is 0 Å². The topological polar surface area (TPSA) is 92.7 Å². The molecular weight excluding hydrogens is 384 g/mol. The zero-order valence-corrected chi connectivity index (χ0v) is 16.7. The van der Waals surface area contributed by atoms with Crippen LogP contribution in [0.15, 0.2) is 54.7 Å². The number of carbonyl (C=O) groups excluding carboxylic acids is 3. The standard InChI is InChI=1S/C22H22N4O4/c1-25-10-9-15-11-16(5-8-19(15)25)23-20(27)12-18-21(28)26(22(29)24-18)13-14-3-6-17(30-2)7-4-14/h3-11,18H,12-13H2,1-2H3,(H,23,27)(H,24,29)/t18-/m1/s1. The molecule has 0 spiro atoms. The SMILES string of the molecule is COc1ccc(CN2C(=O)N[C@H](CC(=O)Nc3ccc4c(ccn4C)c3)C2=O)cc1. The van der Waals surface area contributed by atoms with Gasteiger partial charge >= 0.3 is 6.03 Å². The van der Waals surface area contributed by atoms with Gasteiger partial charge in [0.25, 0.3) is 5.91 Å². The van der Waals surface area contributed by atoms with Gasteiger partial charge in [-0.1, -0.05) is 12.1 Å². The molecule has 2 heterocycles. The van der Waals surface area contributed by atoms with E-state index in [0.29, 0.717) is 11.4 Å². The number of ether oxygens (including phenoxy) is 1. The second-order valence-electron chi connectivity index (χ2n) is 7.23. The fourth-order valence-corrected chi connectivity index (χ4v) is 3.54. The molecule has 1 atom stereocenters. The highest BCUT2D eigenvalue weighted by Crippen LogP contribution is 2.21.